The third kappa shape index (κ3) is 3.15. The Hall–Kier alpha value is -1.26. The Morgan fingerprint density at radius 2 is 2.17 bits per heavy atom. The zero-order chi connectivity index (χ0) is 13.0. The molecule has 0 aliphatic rings. The van der Waals surface area contributed by atoms with Crippen molar-refractivity contribution in [1.82, 2.24) is 5.32 Å². The van der Waals surface area contributed by atoms with Crippen LogP contribution in [0.2, 0.25) is 0 Å². The maximum Gasteiger partial charge on any atom is 0.0952 e. The van der Waals surface area contributed by atoms with Crippen LogP contribution in [-0.2, 0) is 13.1 Å². The van der Waals surface area contributed by atoms with Gasteiger partial charge in [-0.25, -0.2) is 0 Å². The second-order valence-corrected chi connectivity index (χ2v) is 5.21. The van der Waals surface area contributed by atoms with Crippen LogP contribution in [-0.4, -0.2) is 14.1 Å². The second-order valence-electron chi connectivity index (χ2n) is 4.29. The van der Waals surface area contributed by atoms with E-state index in [4.69, 9.17) is 4.42 Å². The van der Waals surface area contributed by atoms with Gasteiger partial charge in [-0.15, -0.1) is 0 Å². The minimum absolute atomic E-state index is 0.842. The van der Waals surface area contributed by atoms with Crippen LogP contribution in [0.4, 0.5) is 5.69 Å². The zero-order valence-electron chi connectivity index (χ0n) is 10.6. The number of rotatable bonds is 5. The molecule has 2 rings (SSSR count). The lowest BCUT2D eigenvalue weighted by Crippen LogP contribution is -2.19. The Morgan fingerprint density at radius 1 is 1.33 bits per heavy atom. The number of furan rings is 1. The van der Waals surface area contributed by atoms with Gasteiger partial charge in [-0.05, 0) is 36.9 Å². The van der Waals surface area contributed by atoms with E-state index in [1.807, 2.05) is 13.1 Å². The number of anilines is 1. The molecule has 0 fully saturated rings. The monoisotopic (exact) mass is 308 g/mol. The van der Waals surface area contributed by atoms with Gasteiger partial charge in [-0.3, -0.25) is 0 Å². The van der Waals surface area contributed by atoms with E-state index in [1.54, 1.807) is 12.5 Å². The van der Waals surface area contributed by atoms with E-state index in [0.717, 1.165) is 17.6 Å². The first kappa shape index (κ1) is 13.2. The Bertz CT molecular complexity index is 497. The highest BCUT2D eigenvalue weighted by Crippen LogP contribution is 2.25. The van der Waals surface area contributed by atoms with Gasteiger partial charge in [-0.2, -0.15) is 0 Å². The van der Waals surface area contributed by atoms with Gasteiger partial charge >= 0.3 is 0 Å². The van der Waals surface area contributed by atoms with Crippen molar-refractivity contribution in [3.8, 4) is 0 Å². The van der Waals surface area contributed by atoms with Crippen molar-refractivity contribution < 1.29 is 4.42 Å². The fraction of sp³-hybridized carbons (Fsp3) is 0.286. The maximum absolute atomic E-state index is 5.10. The largest absolute Gasteiger partial charge is 0.472 e. The van der Waals surface area contributed by atoms with Crippen LogP contribution in [0.15, 0.2) is 45.7 Å². The third-order valence-corrected chi connectivity index (χ3v) is 3.31. The molecule has 0 atom stereocenters. The summed E-state index contributed by atoms with van der Waals surface area (Å²) in [7, 11) is 4.05. The molecule has 0 bridgehead atoms. The van der Waals surface area contributed by atoms with Gasteiger partial charge < -0.3 is 14.6 Å². The van der Waals surface area contributed by atoms with Gasteiger partial charge in [0.1, 0.15) is 0 Å². The van der Waals surface area contributed by atoms with Crippen molar-refractivity contribution in [3.05, 3.63) is 52.4 Å². The van der Waals surface area contributed by atoms with E-state index in [1.165, 1.54) is 16.8 Å². The van der Waals surface area contributed by atoms with Crippen LogP contribution >= 0.6 is 15.9 Å². The molecule has 3 nitrogen and oxygen atoms in total. The molecule has 0 saturated carbocycles. The summed E-state index contributed by atoms with van der Waals surface area (Å²) in [6, 6.07) is 8.35. The Morgan fingerprint density at radius 3 is 2.83 bits per heavy atom. The standard InChI is InChI=1S/C14H17BrN2O/c1-16-8-12-7-13(15)3-4-14(12)17(2)9-11-5-6-18-10-11/h3-7,10,16H,8-9H2,1-2H3. The van der Waals surface area contributed by atoms with Gasteiger partial charge in [0.05, 0.1) is 12.5 Å². The van der Waals surface area contributed by atoms with E-state index in [-0.39, 0.29) is 0 Å². The van der Waals surface area contributed by atoms with Crippen LogP contribution in [0.5, 0.6) is 0 Å². The topological polar surface area (TPSA) is 28.4 Å². The fourth-order valence-electron chi connectivity index (χ4n) is 2.00. The Labute approximate surface area is 116 Å². The van der Waals surface area contributed by atoms with Crippen LogP contribution in [0.1, 0.15) is 11.1 Å². The predicted octanol–water partition coefficient (Wildman–Crippen LogP) is 3.40. The maximum atomic E-state index is 5.10. The van der Waals surface area contributed by atoms with Crippen LogP contribution in [0.25, 0.3) is 0 Å². The quantitative estimate of drug-likeness (QED) is 0.917. The first-order chi connectivity index (χ1) is 8.70. The molecule has 0 unspecified atom stereocenters. The molecule has 1 heterocycles. The first-order valence-electron chi connectivity index (χ1n) is 5.86. The fourth-order valence-corrected chi connectivity index (χ4v) is 2.41. The van der Waals surface area contributed by atoms with Gasteiger partial charge in [0.2, 0.25) is 0 Å². The molecule has 0 amide bonds. The average Bonchev–Trinajstić information content (AvgIpc) is 2.82. The van der Waals surface area contributed by atoms with E-state index in [2.05, 4.69) is 51.4 Å². The molecule has 1 aromatic heterocycles. The van der Waals surface area contributed by atoms with E-state index < -0.39 is 0 Å². The number of nitrogens with zero attached hydrogens (tertiary/aromatic N) is 1. The van der Waals surface area contributed by atoms with Crippen molar-refractivity contribution >= 4 is 21.6 Å². The summed E-state index contributed by atoms with van der Waals surface area (Å²) in [5.41, 5.74) is 3.68. The highest BCUT2D eigenvalue weighted by Gasteiger charge is 2.08. The third-order valence-electron chi connectivity index (χ3n) is 2.82. The lowest BCUT2D eigenvalue weighted by Gasteiger charge is -2.22. The SMILES string of the molecule is CNCc1cc(Br)ccc1N(C)Cc1ccoc1. The Kier molecular flexibility index (Phi) is 4.44. The zero-order valence-corrected chi connectivity index (χ0v) is 12.2. The van der Waals surface area contributed by atoms with Crippen molar-refractivity contribution in [2.45, 2.75) is 13.1 Å². The summed E-state index contributed by atoms with van der Waals surface area (Å²) in [5.74, 6) is 0. The summed E-state index contributed by atoms with van der Waals surface area (Å²) >= 11 is 3.51. The number of nitrogens with one attached hydrogen (secondary N) is 1. The van der Waals surface area contributed by atoms with Crippen molar-refractivity contribution in [3.63, 3.8) is 0 Å². The van der Waals surface area contributed by atoms with E-state index in [0.29, 0.717) is 0 Å². The summed E-state index contributed by atoms with van der Waals surface area (Å²) in [6.07, 6.45) is 3.49. The summed E-state index contributed by atoms with van der Waals surface area (Å²) in [5, 5.41) is 3.20. The van der Waals surface area contributed by atoms with Crippen LogP contribution in [0, 0.1) is 0 Å². The van der Waals surface area contributed by atoms with Crippen LogP contribution < -0.4 is 10.2 Å². The smallest absolute Gasteiger partial charge is 0.0952 e. The molecule has 0 aliphatic carbocycles. The molecule has 0 radical (unpaired) electrons. The number of benzene rings is 1. The average molecular weight is 309 g/mol. The summed E-state index contributed by atoms with van der Waals surface area (Å²) in [6.45, 7) is 1.69. The molecular formula is C14H17BrN2O. The van der Waals surface area contributed by atoms with E-state index in [9.17, 15) is 0 Å². The summed E-state index contributed by atoms with van der Waals surface area (Å²) < 4.78 is 6.21. The molecule has 4 heteroatoms. The van der Waals surface area contributed by atoms with Crippen molar-refractivity contribution in [2.75, 3.05) is 19.0 Å². The van der Waals surface area contributed by atoms with Crippen molar-refractivity contribution in [2.24, 2.45) is 0 Å². The molecular weight excluding hydrogens is 292 g/mol. The van der Waals surface area contributed by atoms with Gasteiger partial charge in [0.15, 0.2) is 0 Å². The Balaban J connectivity index is 2.20. The molecule has 18 heavy (non-hydrogen) atoms. The predicted molar refractivity (Wildman–Crippen MR) is 77.7 cm³/mol. The van der Waals surface area contributed by atoms with Crippen LogP contribution in [0.3, 0.4) is 0 Å². The van der Waals surface area contributed by atoms with Gasteiger partial charge in [0.25, 0.3) is 0 Å². The van der Waals surface area contributed by atoms with E-state index >= 15 is 0 Å². The molecule has 96 valence electrons. The molecule has 1 aromatic carbocycles. The minimum atomic E-state index is 0.842. The highest BCUT2D eigenvalue weighted by molar-refractivity contribution is 9.10. The lowest BCUT2D eigenvalue weighted by molar-refractivity contribution is 0.563. The second kappa shape index (κ2) is 6.07. The highest BCUT2D eigenvalue weighted by atomic mass is 79.9. The first-order valence-corrected chi connectivity index (χ1v) is 6.65. The normalized spacial score (nSPS) is 10.6. The molecule has 1 N–H and O–H groups in total. The van der Waals surface area contributed by atoms with Crippen molar-refractivity contribution in [1.29, 1.82) is 0 Å². The molecule has 0 aliphatic heterocycles. The van der Waals surface area contributed by atoms with Gasteiger partial charge in [0, 0.05) is 35.9 Å². The minimum Gasteiger partial charge on any atom is -0.472 e. The number of hydrogen-bond donors (Lipinski definition) is 1. The lowest BCUT2D eigenvalue weighted by atomic mass is 10.1. The summed E-state index contributed by atoms with van der Waals surface area (Å²) in [4.78, 5) is 2.23. The van der Waals surface area contributed by atoms with Gasteiger partial charge in [-0.1, -0.05) is 15.9 Å². The number of hydrogen-bond acceptors (Lipinski definition) is 3. The molecule has 0 saturated heterocycles. The molecule has 2 aromatic rings. The molecule has 0 spiro atoms. The number of halogens is 1.